The Balaban J connectivity index is 2.24. The van der Waals surface area contributed by atoms with Crippen LogP contribution in [0.5, 0.6) is 0 Å². The minimum absolute atomic E-state index is 0.0518. The van der Waals surface area contributed by atoms with Crippen LogP contribution in [-0.4, -0.2) is 49.1 Å². The van der Waals surface area contributed by atoms with Gasteiger partial charge in [-0.2, -0.15) is 0 Å². The van der Waals surface area contributed by atoms with E-state index in [1.54, 1.807) is 46.1 Å². The normalized spacial score (nSPS) is 10.6. The molecule has 0 bridgehead atoms. The minimum Gasteiger partial charge on any atom is -0.462 e. The summed E-state index contributed by atoms with van der Waals surface area (Å²) in [5.41, 5.74) is 0.675. The molecule has 0 aliphatic heterocycles. The van der Waals surface area contributed by atoms with Crippen LogP contribution in [0.4, 0.5) is 5.00 Å². The smallest absolute Gasteiger partial charge is 0.341 e. The van der Waals surface area contributed by atoms with E-state index in [9.17, 15) is 14.4 Å². The second-order valence-corrected chi connectivity index (χ2v) is 8.97. The van der Waals surface area contributed by atoms with E-state index in [2.05, 4.69) is 5.32 Å². The molecule has 0 radical (unpaired) electrons. The molecule has 10 heteroatoms. The highest BCUT2D eigenvalue weighted by Gasteiger charge is 2.27. The summed E-state index contributed by atoms with van der Waals surface area (Å²) in [6, 6.07) is 5.00. The Bertz CT molecular complexity index is 945. The molecule has 0 aliphatic rings. The van der Waals surface area contributed by atoms with Crippen molar-refractivity contribution in [2.24, 2.45) is 0 Å². The maximum absolute atomic E-state index is 12.5. The van der Waals surface area contributed by atoms with Crippen molar-refractivity contribution in [3.8, 4) is 0 Å². The second kappa shape index (κ2) is 10.3. The van der Waals surface area contributed by atoms with Crippen LogP contribution in [0.2, 0.25) is 10.0 Å². The molecule has 2 rings (SSSR count). The molecule has 2 amide bonds. The number of nitrogens with zero attached hydrogens (tertiary/aromatic N) is 1. The van der Waals surface area contributed by atoms with E-state index in [1.807, 2.05) is 0 Å². The lowest BCUT2D eigenvalue weighted by atomic mass is 10.1. The van der Waals surface area contributed by atoms with Crippen LogP contribution in [-0.2, 0) is 9.53 Å². The van der Waals surface area contributed by atoms with Crippen LogP contribution in [0.3, 0.4) is 0 Å². The average Bonchev–Trinajstić information content (AvgIpc) is 2.97. The van der Waals surface area contributed by atoms with Gasteiger partial charge < -0.3 is 15.0 Å². The first-order valence-electron chi connectivity index (χ1n) is 8.55. The number of anilines is 1. The highest BCUT2D eigenvalue weighted by molar-refractivity contribution is 8.00. The zero-order valence-electron chi connectivity index (χ0n) is 16.3. The van der Waals surface area contributed by atoms with Crippen molar-refractivity contribution in [1.29, 1.82) is 0 Å². The fraction of sp³-hybridized carbons (Fsp3) is 0.316. The Hall–Kier alpha value is -1.74. The van der Waals surface area contributed by atoms with E-state index in [1.165, 1.54) is 16.7 Å². The van der Waals surface area contributed by atoms with E-state index in [4.69, 9.17) is 27.9 Å². The monoisotopic (exact) mass is 474 g/mol. The molecule has 0 atom stereocenters. The van der Waals surface area contributed by atoms with Gasteiger partial charge in [-0.1, -0.05) is 23.2 Å². The van der Waals surface area contributed by atoms with Gasteiger partial charge >= 0.3 is 5.97 Å². The van der Waals surface area contributed by atoms with Gasteiger partial charge in [0, 0.05) is 24.0 Å². The molecule has 156 valence electrons. The fourth-order valence-corrected chi connectivity index (χ4v) is 4.88. The molecule has 0 saturated heterocycles. The van der Waals surface area contributed by atoms with E-state index in [0.29, 0.717) is 25.4 Å². The Morgan fingerprint density at radius 2 is 1.93 bits per heavy atom. The summed E-state index contributed by atoms with van der Waals surface area (Å²) in [6.45, 7) is 3.53. The quantitative estimate of drug-likeness (QED) is 0.452. The van der Waals surface area contributed by atoms with Gasteiger partial charge in [-0.05, 0) is 37.6 Å². The summed E-state index contributed by atoms with van der Waals surface area (Å²) >= 11 is 14.4. The van der Waals surface area contributed by atoms with Crippen molar-refractivity contribution in [2.75, 3.05) is 31.8 Å². The van der Waals surface area contributed by atoms with Crippen molar-refractivity contribution >= 4 is 69.1 Å². The lowest BCUT2D eigenvalue weighted by molar-refractivity contribution is -0.113. The fourth-order valence-electron chi connectivity index (χ4n) is 2.35. The molecule has 1 aromatic heterocycles. The Morgan fingerprint density at radius 3 is 2.55 bits per heavy atom. The number of hydrogen-bond donors (Lipinski definition) is 1. The van der Waals surface area contributed by atoms with Gasteiger partial charge in [0.25, 0.3) is 5.91 Å². The third-order valence-corrected chi connectivity index (χ3v) is 6.66. The van der Waals surface area contributed by atoms with Crippen molar-refractivity contribution < 1.29 is 19.1 Å². The average molecular weight is 475 g/mol. The number of carbonyl (C=O) groups is 3. The van der Waals surface area contributed by atoms with Crippen molar-refractivity contribution in [1.82, 2.24) is 4.90 Å². The van der Waals surface area contributed by atoms with E-state index in [-0.39, 0.29) is 34.7 Å². The lowest BCUT2D eigenvalue weighted by Crippen LogP contribution is -2.21. The predicted molar refractivity (Wildman–Crippen MR) is 119 cm³/mol. The summed E-state index contributed by atoms with van der Waals surface area (Å²) in [4.78, 5) is 39.8. The molecule has 0 saturated carbocycles. The van der Waals surface area contributed by atoms with Crippen molar-refractivity contribution in [3.05, 3.63) is 44.2 Å². The number of nitrogens with one attached hydrogen (secondary N) is 1. The number of halogens is 2. The van der Waals surface area contributed by atoms with Crippen molar-refractivity contribution in [2.45, 2.75) is 18.7 Å². The third kappa shape index (κ3) is 5.88. The molecule has 29 heavy (non-hydrogen) atoms. The molecule has 1 heterocycles. The van der Waals surface area contributed by atoms with E-state index >= 15 is 0 Å². The summed E-state index contributed by atoms with van der Waals surface area (Å²) in [6.07, 6.45) is 0. The van der Waals surface area contributed by atoms with Crippen LogP contribution in [0.1, 0.15) is 32.5 Å². The molecule has 6 nitrogen and oxygen atoms in total. The Kier molecular flexibility index (Phi) is 8.39. The number of ether oxygens (including phenoxy) is 1. The van der Waals surface area contributed by atoms with Gasteiger partial charge in [0.05, 0.1) is 27.8 Å². The zero-order valence-corrected chi connectivity index (χ0v) is 19.4. The lowest BCUT2D eigenvalue weighted by Gasteiger charge is -2.09. The van der Waals surface area contributed by atoms with Gasteiger partial charge in [-0.25, -0.2) is 4.79 Å². The number of rotatable bonds is 7. The number of thioether (sulfide) groups is 1. The zero-order chi connectivity index (χ0) is 21.7. The van der Waals surface area contributed by atoms with Gasteiger partial charge in [0.1, 0.15) is 5.00 Å². The molecule has 1 aromatic carbocycles. The van der Waals surface area contributed by atoms with Gasteiger partial charge in [0.2, 0.25) is 5.91 Å². The van der Waals surface area contributed by atoms with Gasteiger partial charge in [0.15, 0.2) is 0 Å². The van der Waals surface area contributed by atoms with Crippen molar-refractivity contribution in [3.63, 3.8) is 0 Å². The summed E-state index contributed by atoms with van der Waals surface area (Å²) in [5.74, 6) is -1.13. The number of esters is 1. The Labute approximate surface area is 187 Å². The molecule has 0 unspecified atom stereocenters. The standard InChI is InChI=1S/C19H20Cl2N2O4S2/c1-5-27-19(26)15-10(2)16(18(25)23(3)4)29-17(15)22-14(24)9-28-13-8-11(20)6-7-12(13)21/h6-8H,5,9H2,1-4H3,(H,22,24). The Morgan fingerprint density at radius 1 is 1.24 bits per heavy atom. The molecule has 0 aliphatic carbocycles. The maximum Gasteiger partial charge on any atom is 0.341 e. The van der Waals surface area contributed by atoms with Crippen LogP contribution in [0.15, 0.2) is 23.1 Å². The molecule has 0 spiro atoms. The first-order chi connectivity index (χ1) is 13.6. The van der Waals surface area contributed by atoms with Crippen LogP contribution < -0.4 is 5.32 Å². The number of amides is 2. The number of thiophene rings is 1. The topological polar surface area (TPSA) is 75.7 Å². The van der Waals surface area contributed by atoms with Crippen LogP contribution in [0.25, 0.3) is 0 Å². The SMILES string of the molecule is CCOC(=O)c1c(NC(=O)CSc2cc(Cl)ccc2Cl)sc(C(=O)N(C)C)c1C. The van der Waals surface area contributed by atoms with E-state index < -0.39 is 5.97 Å². The summed E-state index contributed by atoms with van der Waals surface area (Å²) in [5, 5.41) is 4.01. The molecular formula is C19H20Cl2N2O4S2. The number of carbonyl (C=O) groups excluding carboxylic acids is 3. The highest BCUT2D eigenvalue weighted by Crippen LogP contribution is 2.35. The first-order valence-corrected chi connectivity index (χ1v) is 11.1. The van der Waals surface area contributed by atoms with E-state index in [0.717, 1.165) is 11.3 Å². The van der Waals surface area contributed by atoms with Gasteiger partial charge in [-0.15, -0.1) is 23.1 Å². The first kappa shape index (κ1) is 23.5. The molecule has 1 N–H and O–H groups in total. The molecular weight excluding hydrogens is 455 g/mol. The summed E-state index contributed by atoms with van der Waals surface area (Å²) < 4.78 is 5.10. The van der Waals surface area contributed by atoms with Crippen LogP contribution in [0, 0.1) is 6.92 Å². The maximum atomic E-state index is 12.5. The number of benzene rings is 1. The second-order valence-electron chi connectivity index (χ2n) is 6.09. The highest BCUT2D eigenvalue weighted by atomic mass is 35.5. The summed E-state index contributed by atoms with van der Waals surface area (Å²) in [7, 11) is 3.24. The number of hydrogen-bond acceptors (Lipinski definition) is 6. The minimum atomic E-state index is -0.583. The molecule has 2 aromatic rings. The molecule has 0 fully saturated rings. The third-order valence-electron chi connectivity index (χ3n) is 3.73. The van der Waals surface area contributed by atoms with Crippen LogP contribution >= 0.6 is 46.3 Å². The largest absolute Gasteiger partial charge is 0.462 e. The predicted octanol–water partition coefficient (Wildman–Crippen LogP) is 4.97. The van der Waals surface area contributed by atoms with Gasteiger partial charge in [-0.3, -0.25) is 9.59 Å².